The van der Waals surface area contributed by atoms with Gasteiger partial charge >= 0.3 is 6.03 Å². The Morgan fingerprint density at radius 1 is 2.00 bits per heavy atom. The van der Waals surface area contributed by atoms with Crippen LogP contribution in [-0.2, 0) is 0 Å². The maximum Gasteiger partial charge on any atom is 0.342 e. The molecule has 2 amide bonds. The normalized spacial score (nSPS) is 28.1. The van der Waals surface area contributed by atoms with E-state index in [1.165, 1.54) is 6.21 Å². The fourth-order valence-corrected chi connectivity index (χ4v) is 0.475. The first-order valence-corrected chi connectivity index (χ1v) is 2.21. The van der Waals surface area contributed by atoms with Gasteiger partial charge in [0.25, 0.3) is 0 Å². The highest BCUT2D eigenvalue weighted by atomic mass is 35.5. The number of alkyl halides is 1. The first kappa shape index (κ1) is 4.59. The molecule has 38 valence electrons. The van der Waals surface area contributed by atoms with Crippen LogP contribution >= 0.6 is 11.6 Å². The molecule has 7 heavy (non-hydrogen) atoms. The average Bonchev–Trinajstić information content (AvgIpc) is 1.87. The van der Waals surface area contributed by atoms with Crippen molar-refractivity contribution in [1.82, 2.24) is 5.32 Å². The second-order valence-corrected chi connectivity index (χ2v) is 1.60. The highest BCUT2D eigenvalue weighted by Gasteiger charge is 2.10. The third-order valence-corrected chi connectivity index (χ3v) is 0.806. The number of urea groups is 1. The molecule has 0 bridgehead atoms. The lowest BCUT2D eigenvalue weighted by Crippen LogP contribution is -2.21. The van der Waals surface area contributed by atoms with Crippen molar-refractivity contribution in [1.29, 1.82) is 0 Å². The zero-order valence-electron chi connectivity index (χ0n) is 3.39. The monoisotopic (exact) mass is 118 g/mol. The molecule has 0 saturated heterocycles. The summed E-state index contributed by atoms with van der Waals surface area (Å²) < 4.78 is 0. The molecule has 0 aromatic rings. The van der Waals surface area contributed by atoms with E-state index in [4.69, 9.17) is 11.6 Å². The van der Waals surface area contributed by atoms with Crippen molar-refractivity contribution in [2.24, 2.45) is 4.99 Å². The van der Waals surface area contributed by atoms with Crippen LogP contribution in [0.2, 0.25) is 0 Å². The molecule has 0 aromatic carbocycles. The van der Waals surface area contributed by atoms with Crippen LogP contribution in [0.4, 0.5) is 4.79 Å². The number of halogens is 1. The van der Waals surface area contributed by atoms with E-state index in [0.717, 1.165) is 0 Å². The molecule has 0 fully saturated rings. The van der Waals surface area contributed by atoms with Crippen molar-refractivity contribution in [3.8, 4) is 0 Å². The maximum atomic E-state index is 10.1. The van der Waals surface area contributed by atoms with Crippen LogP contribution in [0.5, 0.6) is 0 Å². The average molecular weight is 119 g/mol. The first-order valence-electron chi connectivity index (χ1n) is 1.78. The van der Waals surface area contributed by atoms with E-state index in [0.29, 0.717) is 0 Å². The van der Waals surface area contributed by atoms with Crippen LogP contribution in [0.25, 0.3) is 0 Å². The van der Waals surface area contributed by atoms with Crippen molar-refractivity contribution in [3.63, 3.8) is 0 Å². The van der Waals surface area contributed by atoms with E-state index in [-0.39, 0.29) is 6.03 Å². The Kier molecular flexibility index (Phi) is 0.982. The van der Waals surface area contributed by atoms with E-state index in [2.05, 4.69) is 10.3 Å². The Bertz CT molecular complexity index is 122. The first-order chi connectivity index (χ1) is 3.29. The predicted octanol–water partition coefficient (Wildman–Crippen LogP) is 0.345. The number of amides is 2. The maximum absolute atomic E-state index is 10.1. The van der Waals surface area contributed by atoms with Gasteiger partial charge in [0, 0.05) is 6.21 Å². The highest BCUT2D eigenvalue weighted by molar-refractivity contribution is 6.30. The van der Waals surface area contributed by atoms with Gasteiger partial charge in [0.15, 0.2) is 0 Å². The van der Waals surface area contributed by atoms with Gasteiger partial charge in [0.05, 0.1) is 0 Å². The van der Waals surface area contributed by atoms with Gasteiger partial charge in [-0.25, -0.2) is 9.79 Å². The standard InChI is InChI=1S/C3H3ClN2O/c4-2-1-5-3(7)6-2/h1-2H,(H,6,7). The molecule has 1 rings (SSSR count). The van der Waals surface area contributed by atoms with Crippen molar-refractivity contribution >= 4 is 23.8 Å². The fourth-order valence-electron chi connectivity index (χ4n) is 0.326. The molecule has 1 N–H and O–H groups in total. The third-order valence-electron chi connectivity index (χ3n) is 0.584. The molecule has 0 spiro atoms. The Hall–Kier alpha value is -0.570. The summed E-state index contributed by atoms with van der Waals surface area (Å²) in [4.78, 5) is 13.4. The van der Waals surface area contributed by atoms with Crippen LogP contribution < -0.4 is 5.32 Å². The SMILES string of the molecule is O=C1N=CC(Cl)N1. The largest absolute Gasteiger partial charge is 0.342 e. The van der Waals surface area contributed by atoms with Crippen LogP contribution in [0.1, 0.15) is 0 Å². The zero-order valence-corrected chi connectivity index (χ0v) is 4.14. The van der Waals surface area contributed by atoms with E-state index in [1.807, 2.05) is 0 Å². The van der Waals surface area contributed by atoms with Gasteiger partial charge in [-0.2, -0.15) is 0 Å². The van der Waals surface area contributed by atoms with Gasteiger partial charge in [-0.15, -0.1) is 0 Å². The van der Waals surface area contributed by atoms with Gasteiger partial charge in [-0.05, 0) is 0 Å². The molecule has 3 nitrogen and oxygen atoms in total. The third kappa shape index (κ3) is 0.899. The predicted molar refractivity (Wildman–Crippen MR) is 26.7 cm³/mol. The van der Waals surface area contributed by atoms with Crippen molar-refractivity contribution in [2.45, 2.75) is 5.50 Å². The summed E-state index contributed by atoms with van der Waals surface area (Å²) in [5, 5.41) is 2.32. The van der Waals surface area contributed by atoms with E-state index in [1.54, 1.807) is 0 Å². The van der Waals surface area contributed by atoms with Crippen molar-refractivity contribution in [2.75, 3.05) is 0 Å². The second kappa shape index (κ2) is 1.50. The highest BCUT2D eigenvalue weighted by Crippen LogP contribution is 1.93. The zero-order chi connectivity index (χ0) is 5.28. The summed E-state index contributed by atoms with van der Waals surface area (Å²) in [5.41, 5.74) is -0.396. The number of carbonyl (C=O) groups excluding carboxylic acids is 1. The molecule has 1 aliphatic heterocycles. The Labute approximate surface area is 45.4 Å². The Morgan fingerprint density at radius 3 is 2.86 bits per heavy atom. The van der Waals surface area contributed by atoms with Gasteiger partial charge < -0.3 is 5.32 Å². The number of aliphatic imine (C=N–C) groups is 1. The van der Waals surface area contributed by atoms with Gasteiger partial charge in [-0.1, -0.05) is 11.6 Å². The lowest BCUT2D eigenvalue weighted by molar-refractivity contribution is 0.251. The number of nitrogens with one attached hydrogen (secondary N) is 1. The molecular formula is C3H3ClN2O. The van der Waals surface area contributed by atoms with Crippen molar-refractivity contribution < 1.29 is 4.79 Å². The lowest BCUT2D eigenvalue weighted by Gasteiger charge is -1.89. The molecule has 0 aromatic heterocycles. The molecular weight excluding hydrogens is 115 g/mol. The smallest absolute Gasteiger partial charge is 0.315 e. The van der Waals surface area contributed by atoms with Gasteiger partial charge in [0.1, 0.15) is 5.50 Å². The Morgan fingerprint density at radius 2 is 2.71 bits per heavy atom. The van der Waals surface area contributed by atoms with E-state index < -0.39 is 5.50 Å². The summed E-state index contributed by atoms with van der Waals surface area (Å²) in [5.74, 6) is 0. The summed E-state index contributed by atoms with van der Waals surface area (Å²) in [6, 6.07) is -0.361. The summed E-state index contributed by atoms with van der Waals surface area (Å²) in [6.07, 6.45) is 1.35. The number of hydrogen-bond acceptors (Lipinski definition) is 1. The number of rotatable bonds is 0. The van der Waals surface area contributed by atoms with Crippen LogP contribution in [-0.4, -0.2) is 17.7 Å². The summed E-state index contributed by atoms with van der Waals surface area (Å²) >= 11 is 5.33. The topological polar surface area (TPSA) is 41.5 Å². The van der Waals surface area contributed by atoms with Crippen LogP contribution in [0.3, 0.4) is 0 Å². The Balaban J connectivity index is 2.58. The van der Waals surface area contributed by atoms with Gasteiger partial charge in [0.2, 0.25) is 0 Å². The molecule has 0 aliphatic carbocycles. The number of carbonyl (C=O) groups is 1. The quantitative estimate of drug-likeness (QED) is 0.362. The molecule has 1 aliphatic rings. The van der Waals surface area contributed by atoms with Crippen molar-refractivity contribution in [3.05, 3.63) is 0 Å². The molecule has 1 unspecified atom stereocenters. The van der Waals surface area contributed by atoms with Crippen LogP contribution in [0, 0.1) is 0 Å². The van der Waals surface area contributed by atoms with E-state index >= 15 is 0 Å². The van der Waals surface area contributed by atoms with Gasteiger partial charge in [-0.3, -0.25) is 0 Å². The minimum absolute atomic E-state index is 0.361. The minimum Gasteiger partial charge on any atom is -0.315 e. The number of nitrogens with zero attached hydrogens (tertiary/aromatic N) is 1. The molecule has 0 saturated carbocycles. The number of hydrogen-bond donors (Lipinski definition) is 1. The minimum atomic E-state index is -0.396. The summed E-state index contributed by atoms with van der Waals surface area (Å²) in [7, 11) is 0. The fraction of sp³-hybridized carbons (Fsp3) is 0.333. The molecule has 1 heterocycles. The lowest BCUT2D eigenvalue weighted by atomic mass is 10.7. The van der Waals surface area contributed by atoms with E-state index in [9.17, 15) is 4.79 Å². The summed E-state index contributed by atoms with van der Waals surface area (Å²) in [6.45, 7) is 0. The second-order valence-electron chi connectivity index (χ2n) is 1.13. The molecule has 4 heteroatoms. The molecule has 1 atom stereocenters. The molecule has 0 radical (unpaired) electrons. The van der Waals surface area contributed by atoms with Crippen LogP contribution in [0.15, 0.2) is 4.99 Å².